The molecule has 0 nitrogen and oxygen atoms in total. The maximum absolute atomic E-state index is 13.0. The van der Waals surface area contributed by atoms with E-state index in [4.69, 9.17) is 0 Å². The lowest BCUT2D eigenvalue weighted by atomic mass is 10.1. The zero-order valence-electron chi connectivity index (χ0n) is 11.4. The van der Waals surface area contributed by atoms with Crippen molar-refractivity contribution in [2.24, 2.45) is 0 Å². The molecule has 0 heterocycles. The molecule has 0 bridgehead atoms. The number of aryl methyl sites for hydroxylation is 1. The van der Waals surface area contributed by atoms with Crippen LogP contribution in [0.4, 0.5) is 13.2 Å². The van der Waals surface area contributed by atoms with Crippen molar-refractivity contribution < 1.29 is 13.2 Å². The zero-order valence-corrected chi connectivity index (χ0v) is 11.4. The Morgan fingerprint density at radius 3 is 2.05 bits per heavy atom. The average Bonchev–Trinajstić information content (AvgIpc) is 2.48. The molecule has 0 fully saturated rings. The zero-order chi connectivity index (χ0) is 15.1. The Balaban J connectivity index is 2.15. The normalized spacial score (nSPS) is 10.8. The number of alkyl halides is 3. The van der Waals surface area contributed by atoms with E-state index in [0.717, 1.165) is 5.56 Å². The third-order valence-corrected chi connectivity index (χ3v) is 3.01. The minimum absolute atomic E-state index is 0.140. The first-order chi connectivity index (χ1) is 10.1. The van der Waals surface area contributed by atoms with Crippen molar-refractivity contribution in [1.82, 2.24) is 0 Å². The number of allylic oxidation sites excluding steroid dienone is 1. The van der Waals surface area contributed by atoms with Crippen molar-refractivity contribution in [2.45, 2.75) is 19.0 Å². The minimum atomic E-state index is -4.40. The molecule has 21 heavy (non-hydrogen) atoms. The standard InChI is InChI=1S/C18H15F3/c19-18(20,21)17(16-12-5-2-6-13-16)14-8-7-11-15-9-3-1-4-10-15/h1-6,8-10,12-13H,7,11H2. The van der Waals surface area contributed by atoms with E-state index in [1.165, 1.54) is 18.2 Å². The van der Waals surface area contributed by atoms with Gasteiger partial charge in [-0.05, 0) is 30.0 Å². The van der Waals surface area contributed by atoms with Gasteiger partial charge >= 0.3 is 6.18 Å². The van der Waals surface area contributed by atoms with E-state index in [0.29, 0.717) is 12.8 Å². The molecule has 0 aliphatic carbocycles. The van der Waals surface area contributed by atoms with Crippen LogP contribution in [-0.4, -0.2) is 6.18 Å². The van der Waals surface area contributed by atoms with E-state index in [1.807, 2.05) is 30.3 Å². The van der Waals surface area contributed by atoms with Crippen molar-refractivity contribution in [2.75, 3.05) is 0 Å². The fraction of sp³-hybridized carbons (Fsp3) is 0.167. The lowest BCUT2D eigenvalue weighted by Crippen LogP contribution is -2.09. The molecule has 108 valence electrons. The van der Waals surface area contributed by atoms with Crippen LogP contribution < -0.4 is 0 Å². The van der Waals surface area contributed by atoms with Crippen LogP contribution >= 0.6 is 0 Å². The SMILES string of the molecule is FC(F)(F)C(=C=CCCc1ccccc1)c1ccccc1. The highest BCUT2D eigenvalue weighted by Gasteiger charge is 2.34. The predicted molar refractivity (Wildman–Crippen MR) is 78.8 cm³/mol. The summed E-state index contributed by atoms with van der Waals surface area (Å²) in [4.78, 5) is 0. The molecule has 3 heteroatoms. The van der Waals surface area contributed by atoms with Crippen LogP contribution in [-0.2, 0) is 6.42 Å². The van der Waals surface area contributed by atoms with Crippen LogP contribution in [0.3, 0.4) is 0 Å². The van der Waals surface area contributed by atoms with Crippen molar-refractivity contribution >= 4 is 5.57 Å². The Morgan fingerprint density at radius 1 is 0.905 bits per heavy atom. The van der Waals surface area contributed by atoms with Gasteiger partial charge in [0.2, 0.25) is 0 Å². The first kappa shape index (κ1) is 15.1. The second kappa shape index (κ2) is 6.96. The summed E-state index contributed by atoms with van der Waals surface area (Å²) in [6.07, 6.45) is -1.71. The lowest BCUT2D eigenvalue weighted by Gasteiger charge is -2.09. The largest absolute Gasteiger partial charge is 0.424 e. The van der Waals surface area contributed by atoms with Gasteiger partial charge in [0.05, 0.1) is 0 Å². The quantitative estimate of drug-likeness (QED) is 0.659. The van der Waals surface area contributed by atoms with Crippen molar-refractivity contribution in [3.8, 4) is 0 Å². The van der Waals surface area contributed by atoms with Gasteiger partial charge < -0.3 is 0 Å². The number of benzene rings is 2. The molecule has 2 aromatic rings. The van der Waals surface area contributed by atoms with E-state index in [-0.39, 0.29) is 5.56 Å². The van der Waals surface area contributed by atoms with Gasteiger partial charge in [-0.2, -0.15) is 13.2 Å². The lowest BCUT2D eigenvalue weighted by molar-refractivity contribution is -0.0687. The fourth-order valence-electron chi connectivity index (χ4n) is 1.99. The Morgan fingerprint density at radius 2 is 1.48 bits per heavy atom. The van der Waals surface area contributed by atoms with Gasteiger partial charge in [0, 0.05) is 0 Å². The molecular formula is C18H15F3. The second-order valence-electron chi connectivity index (χ2n) is 4.61. The smallest absolute Gasteiger partial charge is 0.165 e. The summed E-state index contributed by atoms with van der Waals surface area (Å²) in [6, 6.07) is 17.4. The third-order valence-electron chi connectivity index (χ3n) is 3.01. The molecule has 2 aromatic carbocycles. The molecule has 2 rings (SSSR count). The summed E-state index contributed by atoms with van der Waals surface area (Å²) in [5.41, 5.74) is 2.93. The molecule has 0 amide bonds. The highest BCUT2D eigenvalue weighted by Crippen LogP contribution is 2.32. The number of halogens is 3. The van der Waals surface area contributed by atoms with Crippen molar-refractivity contribution in [1.29, 1.82) is 0 Å². The van der Waals surface area contributed by atoms with E-state index in [2.05, 4.69) is 5.73 Å². The van der Waals surface area contributed by atoms with Gasteiger partial charge in [0.25, 0.3) is 0 Å². The van der Waals surface area contributed by atoms with Gasteiger partial charge in [0.15, 0.2) is 0 Å². The van der Waals surface area contributed by atoms with E-state index < -0.39 is 11.7 Å². The molecule has 0 spiro atoms. The number of hydrogen-bond acceptors (Lipinski definition) is 0. The van der Waals surface area contributed by atoms with E-state index >= 15 is 0 Å². The Labute approximate surface area is 122 Å². The molecule has 0 saturated heterocycles. The molecular weight excluding hydrogens is 273 g/mol. The molecule has 0 saturated carbocycles. The van der Waals surface area contributed by atoms with Crippen LogP contribution in [0.25, 0.3) is 5.57 Å². The molecule has 0 unspecified atom stereocenters. The van der Waals surface area contributed by atoms with Gasteiger partial charge in [-0.3, -0.25) is 0 Å². The van der Waals surface area contributed by atoms with Crippen LogP contribution in [0.5, 0.6) is 0 Å². The maximum Gasteiger partial charge on any atom is 0.424 e. The van der Waals surface area contributed by atoms with E-state index in [1.54, 1.807) is 18.2 Å². The maximum atomic E-state index is 13.0. The van der Waals surface area contributed by atoms with Crippen molar-refractivity contribution in [3.63, 3.8) is 0 Å². The molecule has 0 radical (unpaired) electrons. The Kier molecular flexibility index (Phi) is 5.02. The van der Waals surface area contributed by atoms with Crippen LogP contribution in [0.15, 0.2) is 72.5 Å². The van der Waals surface area contributed by atoms with Crippen molar-refractivity contribution in [3.05, 3.63) is 83.6 Å². The summed E-state index contributed by atoms with van der Waals surface area (Å²) in [5.74, 6) is 0. The van der Waals surface area contributed by atoms with E-state index in [9.17, 15) is 13.2 Å². The Bertz CT molecular complexity index is 619. The first-order valence-corrected chi connectivity index (χ1v) is 6.69. The summed E-state index contributed by atoms with van der Waals surface area (Å²) < 4.78 is 39.1. The minimum Gasteiger partial charge on any atom is -0.165 e. The van der Waals surface area contributed by atoms with Gasteiger partial charge in [-0.25, -0.2) is 0 Å². The predicted octanol–water partition coefficient (Wildman–Crippen LogP) is 5.42. The highest BCUT2D eigenvalue weighted by molar-refractivity contribution is 5.68. The third kappa shape index (κ3) is 4.66. The molecule has 0 aliphatic rings. The first-order valence-electron chi connectivity index (χ1n) is 6.69. The average molecular weight is 288 g/mol. The van der Waals surface area contributed by atoms with Crippen LogP contribution in [0.1, 0.15) is 17.5 Å². The fourth-order valence-corrected chi connectivity index (χ4v) is 1.99. The molecule has 0 aromatic heterocycles. The van der Waals surface area contributed by atoms with Gasteiger partial charge in [0.1, 0.15) is 5.57 Å². The van der Waals surface area contributed by atoms with Crippen LogP contribution in [0, 0.1) is 0 Å². The van der Waals surface area contributed by atoms with Crippen LogP contribution in [0.2, 0.25) is 0 Å². The highest BCUT2D eigenvalue weighted by atomic mass is 19.4. The summed E-state index contributed by atoms with van der Waals surface area (Å²) >= 11 is 0. The number of hydrogen-bond donors (Lipinski definition) is 0. The van der Waals surface area contributed by atoms with Gasteiger partial charge in [-0.15, -0.1) is 5.73 Å². The molecule has 0 aliphatic heterocycles. The molecule has 0 atom stereocenters. The molecule has 0 N–H and O–H groups in total. The summed E-state index contributed by atoms with van der Waals surface area (Å²) in [7, 11) is 0. The number of rotatable bonds is 4. The summed E-state index contributed by atoms with van der Waals surface area (Å²) in [6.45, 7) is 0. The Hall–Kier alpha value is -2.25. The second-order valence-corrected chi connectivity index (χ2v) is 4.61. The summed E-state index contributed by atoms with van der Waals surface area (Å²) in [5, 5.41) is 0. The monoisotopic (exact) mass is 288 g/mol. The topological polar surface area (TPSA) is 0 Å². The van der Waals surface area contributed by atoms with Gasteiger partial charge in [-0.1, -0.05) is 60.7 Å².